The SMILES string of the molecule is COCC(O)c1cc(Cl)c2c(c1)OCCO2. The van der Waals surface area contributed by atoms with E-state index >= 15 is 0 Å². The van der Waals surface area contributed by atoms with Crippen LogP contribution in [-0.2, 0) is 4.74 Å². The second kappa shape index (κ2) is 4.91. The van der Waals surface area contributed by atoms with E-state index in [1.165, 1.54) is 7.11 Å². The second-order valence-corrected chi connectivity index (χ2v) is 3.91. The third kappa shape index (κ3) is 2.24. The van der Waals surface area contributed by atoms with Crippen molar-refractivity contribution in [2.45, 2.75) is 6.10 Å². The van der Waals surface area contributed by atoms with E-state index in [9.17, 15) is 5.11 Å². The number of methoxy groups -OCH3 is 1. The molecule has 0 fully saturated rings. The van der Waals surface area contributed by atoms with Gasteiger partial charge in [0.15, 0.2) is 11.5 Å². The van der Waals surface area contributed by atoms with Gasteiger partial charge in [-0.3, -0.25) is 0 Å². The topological polar surface area (TPSA) is 47.9 Å². The molecule has 1 aromatic carbocycles. The van der Waals surface area contributed by atoms with E-state index in [0.29, 0.717) is 35.3 Å². The van der Waals surface area contributed by atoms with Gasteiger partial charge in [-0.25, -0.2) is 0 Å². The molecule has 0 saturated heterocycles. The number of aliphatic hydroxyl groups is 1. The largest absolute Gasteiger partial charge is 0.486 e. The number of hydrogen-bond acceptors (Lipinski definition) is 4. The highest BCUT2D eigenvalue weighted by atomic mass is 35.5. The summed E-state index contributed by atoms with van der Waals surface area (Å²) in [5.74, 6) is 1.12. The molecule has 1 N–H and O–H groups in total. The Balaban J connectivity index is 2.31. The summed E-state index contributed by atoms with van der Waals surface area (Å²) in [5, 5.41) is 10.2. The van der Waals surface area contributed by atoms with Crippen LogP contribution in [0, 0.1) is 0 Å². The van der Waals surface area contributed by atoms with E-state index in [0.717, 1.165) is 0 Å². The van der Waals surface area contributed by atoms with Crippen LogP contribution in [0.4, 0.5) is 0 Å². The Bertz CT molecular complexity index is 380. The van der Waals surface area contributed by atoms with Gasteiger partial charge in [0, 0.05) is 7.11 Å². The number of aliphatic hydroxyl groups excluding tert-OH is 1. The third-order valence-electron chi connectivity index (χ3n) is 2.33. The maximum atomic E-state index is 9.77. The first-order valence-corrected chi connectivity index (χ1v) is 5.36. The van der Waals surface area contributed by atoms with Crippen molar-refractivity contribution in [3.8, 4) is 11.5 Å². The Morgan fingerprint density at radius 2 is 2.19 bits per heavy atom. The number of fused-ring (bicyclic) bond motifs is 1. The Kier molecular flexibility index (Phi) is 3.53. The molecule has 1 heterocycles. The van der Waals surface area contributed by atoms with E-state index in [2.05, 4.69) is 0 Å². The van der Waals surface area contributed by atoms with Crippen LogP contribution in [0.25, 0.3) is 0 Å². The summed E-state index contributed by atoms with van der Waals surface area (Å²) in [5.41, 5.74) is 0.663. The molecule has 1 unspecified atom stereocenters. The summed E-state index contributed by atoms with van der Waals surface area (Å²) in [6.07, 6.45) is -0.710. The van der Waals surface area contributed by atoms with E-state index in [4.69, 9.17) is 25.8 Å². The van der Waals surface area contributed by atoms with Gasteiger partial charge in [0.25, 0.3) is 0 Å². The molecular formula is C11H13ClO4. The molecule has 0 aromatic heterocycles. The zero-order chi connectivity index (χ0) is 11.5. The molecule has 1 atom stereocenters. The lowest BCUT2D eigenvalue weighted by Crippen LogP contribution is -2.16. The first-order chi connectivity index (χ1) is 7.72. The van der Waals surface area contributed by atoms with E-state index in [-0.39, 0.29) is 6.61 Å². The normalized spacial score (nSPS) is 15.9. The van der Waals surface area contributed by atoms with Crippen molar-refractivity contribution in [3.63, 3.8) is 0 Å². The van der Waals surface area contributed by atoms with Gasteiger partial charge in [0.1, 0.15) is 19.3 Å². The zero-order valence-electron chi connectivity index (χ0n) is 8.90. The highest BCUT2D eigenvalue weighted by Gasteiger charge is 2.19. The number of hydrogen-bond donors (Lipinski definition) is 1. The minimum atomic E-state index is -0.710. The van der Waals surface area contributed by atoms with Gasteiger partial charge in [-0.15, -0.1) is 0 Å². The average Bonchev–Trinajstić information content (AvgIpc) is 2.29. The predicted molar refractivity (Wildman–Crippen MR) is 59.3 cm³/mol. The maximum absolute atomic E-state index is 9.77. The van der Waals surface area contributed by atoms with Gasteiger partial charge < -0.3 is 19.3 Å². The highest BCUT2D eigenvalue weighted by Crippen LogP contribution is 2.39. The van der Waals surface area contributed by atoms with Crippen molar-refractivity contribution in [1.82, 2.24) is 0 Å². The fraction of sp³-hybridized carbons (Fsp3) is 0.455. The maximum Gasteiger partial charge on any atom is 0.179 e. The molecule has 0 aliphatic carbocycles. The standard InChI is InChI=1S/C11H13ClO4/c1-14-6-9(13)7-4-8(12)11-10(5-7)15-2-3-16-11/h4-5,9,13H,2-3,6H2,1H3. The van der Waals surface area contributed by atoms with Crippen molar-refractivity contribution < 1.29 is 19.3 Å². The van der Waals surface area contributed by atoms with Gasteiger partial charge in [0.2, 0.25) is 0 Å². The Labute approximate surface area is 98.7 Å². The third-order valence-corrected chi connectivity index (χ3v) is 2.61. The summed E-state index contributed by atoms with van der Waals surface area (Å²) >= 11 is 6.03. The molecule has 0 bridgehead atoms. The second-order valence-electron chi connectivity index (χ2n) is 3.50. The minimum Gasteiger partial charge on any atom is -0.486 e. The Hall–Kier alpha value is -0.970. The fourth-order valence-electron chi connectivity index (χ4n) is 1.58. The number of halogens is 1. The first kappa shape index (κ1) is 11.5. The minimum absolute atomic E-state index is 0.218. The molecule has 88 valence electrons. The molecule has 2 rings (SSSR count). The van der Waals surface area contributed by atoms with Gasteiger partial charge in [-0.05, 0) is 17.7 Å². The summed E-state index contributed by atoms with van der Waals surface area (Å²) in [4.78, 5) is 0. The quantitative estimate of drug-likeness (QED) is 0.881. The fourth-order valence-corrected chi connectivity index (χ4v) is 1.85. The van der Waals surface area contributed by atoms with Gasteiger partial charge in [-0.2, -0.15) is 0 Å². The molecule has 0 saturated carbocycles. The highest BCUT2D eigenvalue weighted by molar-refractivity contribution is 6.32. The summed E-state index contributed by atoms with van der Waals surface area (Å²) < 4.78 is 15.7. The molecule has 1 aliphatic heterocycles. The average molecular weight is 245 g/mol. The Morgan fingerprint density at radius 3 is 2.94 bits per heavy atom. The molecule has 0 amide bonds. The lowest BCUT2D eigenvalue weighted by Gasteiger charge is -2.21. The molecule has 4 nitrogen and oxygen atoms in total. The molecule has 0 spiro atoms. The van der Waals surface area contributed by atoms with Gasteiger partial charge in [-0.1, -0.05) is 11.6 Å². The number of ether oxygens (including phenoxy) is 3. The van der Waals surface area contributed by atoms with Crippen LogP contribution in [0.1, 0.15) is 11.7 Å². The van der Waals surface area contributed by atoms with Crippen molar-refractivity contribution in [1.29, 1.82) is 0 Å². The smallest absolute Gasteiger partial charge is 0.179 e. The predicted octanol–water partition coefficient (Wildman–Crippen LogP) is 1.79. The van der Waals surface area contributed by atoms with Crippen LogP contribution in [-0.4, -0.2) is 32.0 Å². The van der Waals surface area contributed by atoms with Gasteiger partial charge >= 0.3 is 0 Å². The van der Waals surface area contributed by atoms with Crippen LogP contribution in [0.3, 0.4) is 0 Å². The lowest BCUT2D eigenvalue weighted by molar-refractivity contribution is 0.0639. The Morgan fingerprint density at radius 1 is 1.44 bits per heavy atom. The monoisotopic (exact) mass is 244 g/mol. The van der Waals surface area contributed by atoms with Crippen LogP contribution in [0.5, 0.6) is 11.5 Å². The molecule has 0 radical (unpaired) electrons. The molecular weight excluding hydrogens is 232 g/mol. The molecule has 16 heavy (non-hydrogen) atoms. The summed E-state index contributed by atoms with van der Waals surface area (Å²) in [7, 11) is 1.53. The van der Waals surface area contributed by atoms with Crippen molar-refractivity contribution in [2.75, 3.05) is 26.9 Å². The first-order valence-electron chi connectivity index (χ1n) is 4.98. The lowest BCUT2D eigenvalue weighted by atomic mass is 10.1. The van der Waals surface area contributed by atoms with E-state index in [1.54, 1.807) is 12.1 Å². The van der Waals surface area contributed by atoms with Crippen LogP contribution in [0.15, 0.2) is 12.1 Å². The van der Waals surface area contributed by atoms with Crippen LogP contribution >= 0.6 is 11.6 Å². The summed E-state index contributed by atoms with van der Waals surface area (Å²) in [6, 6.07) is 3.39. The van der Waals surface area contributed by atoms with Crippen LogP contribution < -0.4 is 9.47 Å². The molecule has 1 aromatic rings. The van der Waals surface area contributed by atoms with Crippen molar-refractivity contribution in [3.05, 3.63) is 22.7 Å². The van der Waals surface area contributed by atoms with Crippen molar-refractivity contribution in [2.24, 2.45) is 0 Å². The number of rotatable bonds is 3. The summed E-state index contributed by atoms with van der Waals surface area (Å²) in [6.45, 7) is 1.20. The van der Waals surface area contributed by atoms with Crippen molar-refractivity contribution >= 4 is 11.6 Å². The van der Waals surface area contributed by atoms with E-state index < -0.39 is 6.10 Å². The molecule has 1 aliphatic rings. The van der Waals surface area contributed by atoms with Gasteiger partial charge in [0.05, 0.1) is 11.6 Å². The van der Waals surface area contributed by atoms with E-state index in [1.807, 2.05) is 0 Å². The number of benzene rings is 1. The molecule has 5 heteroatoms. The van der Waals surface area contributed by atoms with Crippen LogP contribution in [0.2, 0.25) is 5.02 Å². The zero-order valence-corrected chi connectivity index (χ0v) is 9.66.